The molecule has 0 aliphatic heterocycles. The summed E-state index contributed by atoms with van der Waals surface area (Å²) >= 11 is 5.79. The molecule has 3 aromatic heterocycles. The van der Waals surface area contributed by atoms with Crippen LogP contribution in [0.15, 0.2) is 41.1 Å². The lowest BCUT2D eigenvalue weighted by atomic mass is 10.2. The molecule has 0 radical (unpaired) electrons. The van der Waals surface area contributed by atoms with Crippen LogP contribution in [0.5, 0.6) is 0 Å². The van der Waals surface area contributed by atoms with Gasteiger partial charge in [-0.25, -0.2) is 9.78 Å². The van der Waals surface area contributed by atoms with E-state index in [4.69, 9.17) is 20.8 Å². The second-order valence-corrected chi connectivity index (χ2v) is 7.45. The number of carbonyl (C=O) groups excluding carboxylic acids is 2. The fraction of sp³-hybridized carbons (Fsp3) is 0.286. The van der Waals surface area contributed by atoms with E-state index in [1.54, 1.807) is 25.3 Å². The standard InChI is InChI=1S/C21H19ClF3N3O4/c1-11-7-16(12(2)28(11)10-15-5-4-6-31-15)20(30)32-13(3)19(29)27-18-17(22)8-14(9-26-18)21(23,24)25/h4-9,13H,10H2,1-3H3,(H,26,27,29). The van der Waals surface area contributed by atoms with Gasteiger partial charge in [-0.2, -0.15) is 13.2 Å². The number of nitrogens with one attached hydrogen (secondary N) is 1. The number of furan rings is 1. The number of esters is 1. The minimum Gasteiger partial charge on any atom is -0.467 e. The minimum absolute atomic E-state index is 0.274. The molecular formula is C21H19ClF3N3O4. The topological polar surface area (TPSA) is 86.4 Å². The van der Waals surface area contributed by atoms with Crippen molar-refractivity contribution in [1.82, 2.24) is 9.55 Å². The van der Waals surface area contributed by atoms with E-state index in [1.807, 2.05) is 17.6 Å². The number of rotatable bonds is 6. The van der Waals surface area contributed by atoms with Crippen LogP contribution in [0.2, 0.25) is 5.02 Å². The van der Waals surface area contributed by atoms with E-state index in [0.29, 0.717) is 30.3 Å². The van der Waals surface area contributed by atoms with Crippen molar-refractivity contribution < 1.29 is 31.9 Å². The van der Waals surface area contributed by atoms with E-state index in [9.17, 15) is 22.8 Å². The first-order chi connectivity index (χ1) is 15.0. The predicted molar refractivity (Wildman–Crippen MR) is 109 cm³/mol. The largest absolute Gasteiger partial charge is 0.467 e. The van der Waals surface area contributed by atoms with Crippen LogP contribution in [0, 0.1) is 13.8 Å². The number of halogens is 4. The maximum Gasteiger partial charge on any atom is 0.417 e. The molecule has 0 aliphatic carbocycles. The van der Waals surface area contributed by atoms with Crippen molar-refractivity contribution in [3.05, 3.63) is 70.0 Å². The van der Waals surface area contributed by atoms with E-state index in [1.165, 1.54) is 6.92 Å². The molecule has 1 atom stereocenters. The molecule has 7 nitrogen and oxygen atoms in total. The van der Waals surface area contributed by atoms with Gasteiger partial charge in [0.05, 0.1) is 29.0 Å². The van der Waals surface area contributed by atoms with E-state index < -0.39 is 34.7 Å². The maximum absolute atomic E-state index is 12.7. The molecular weight excluding hydrogens is 451 g/mol. The van der Waals surface area contributed by atoms with Gasteiger partial charge in [0.25, 0.3) is 5.91 Å². The lowest BCUT2D eigenvalue weighted by Gasteiger charge is -2.15. The molecule has 0 fully saturated rings. The molecule has 1 unspecified atom stereocenters. The molecule has 32 heavy (non-hydrogen) atoms. The number of anilines is 1. The molecule has 11 heteroatoms. The number of nitrogens with zero attached hydrogens (tertiary/aromatic N) is 2. The number of aryl methyl sites for hydroxylation is 1. The Bertz CT molecular complexity index is 1140. The summed E-state index contributed by atoms with van der Waals surface area (Å²) in [7, 11) is 0. The number of amides is 1. The van der Waals surface area contributed by atoms with Crippen LogP contribution >= 0.6 is 11.6 Å². The van der Waals surface area contributed by atoms with Crippen molar-refractivity contribution in [2.24, 2.45) is 0 Å². The highest BCUT2D eigenvalue weighted by atomic mass is 35.5. The Balaban J connectivity index is 1.67. The van der Waals surface area contributed by atoms with Gasteiger partial charge in [0.1, 0.15) is 5.76 Å². The van der Waals surface area contributed by atoms with Crippen molar-refractivity contribution in [2.45, 2.75) is 39.6 Å². The molecule has 3 heterocycles. The molecule has 0 aliphatic rings. The molecule has 1 N–H and O–H groups in total. The number of hydrogen-bond donors (Lipinski definition) is 1. The average Bonchev–Trinajstić information content (AvgIpc) is 3.32. The van der Waals surface area contributed by atoms with Gasteiger partial charge in [0.2, 0.25) is 0 Å². The summed E-state index contributed by atoms with van der Waals surface area (Å²) in [4.78, 5) is 28.5. The smallest absolute Gasteiger partial charge is 0.417 e. The van der Waals surface area contributed by atoms with Crippen molar-refractivity contribution >= 4 is 29.3 Å². The Hall–Kier alpha value is -3.27. The van der Waals surface area contributed by atoms with E-state index in [2.05, 4.69) is 10.3 Å². The second kappa shape index (κ2) is 9.07. The third kappa shape index (κ3) is 5.13. The van der Waals surface area contributed by atoms with Gasteiger partial charge < -0.3 is 19.0 Å². The zero-order valence-corrected chi connectivity index (χ0v) is 18.0. The fourth-order valence-electron chi connectivity index (χ4n) is 2.99. The number of aromatic nitrogens is 2. The molecule has 3 rings (SSSR count). The number of alkyl halides is 3. The summed E-state index contributed by atoms with van der Waals surface area (Å²) in [6, 6.07) is 5.86. The van der Waals surface area contributed by atoms with Crippen LogP contribution in [0.4, 0.5) is 19.0 Å². The number of pyridine rings is 1. The zero-order chi connectivity index (χ0) is 23.6. The number of hydrogen-bond acceptors (Lipinski definition) is 5. The van der Waals surface area contributed by atoms with E-state index in [0.717, 1.165) is 5.69 Å². The number of ether oxygens (including phenoxy) is 1. The highest BCUT2D eigenvalue weighted by Gasteiger charge is 2.32. The van der Waals surface area contributed by atoms with Crippen molar-refractivity contribution in [3.63, 3.8) is 0 Å². The zero-order valence-electron chi connectivity index (χ0n) is 17.3. The van der Waals surface area contributed by atoms with Gasteiger partial charge in [-0.1, -0.05) is 11.6 Å². The van der Waals surface area contributed by atoms with Crippen LogP contribution in [-0.4, -0.2) is 27.5 Å². The normalized spacial score (nSPS) is 12.5. The van der Waals surface area contributed by atoms with Crippen LogP contribution in [0.3, 0.4) is 0 Å². The predicted octanol–water partition coefficient (Wildman–Crippen LogP) is 5.00. The van der Waals surface area contributed by atoms with Gasteiger partial charge >= 0.3 is 12.1 Å². The molecule has 0 spiro atoms. The van der Waals surface area contributed by atoms with Gasteiger partial charge in [0.15, 0.2) is 11.9 Å². The Labute approximate surface area is 186 Å². The van der Waals surface area contributed by atoms with Crippen LogP contribution in [0.25, 0.3) is 0 Å². The highest BCUT2D eigenvalue weighted by Crippen LogP contribution is 2.32. The van der Waals surface area contributed by atoms with Gasteiger partial charge in [-0.3, -0.25) is 4.79 Å². The van der Waals surface area contributed by atoms with Crippen LogP contribution in [-0.2, 0) is 22.3 Å². The molecule has 3 aromatic rings. The molecule has 0 saturated carbocycles. The molecule has 0 aromatic carbocycles. The molecule has 1 amide bonds. The summed E-state index contributed by atoms with van der Waals surface area (Å²) < 4.78 is 50.6. The molecule has 0 bridgehead atoms. The fourth-order valence-corrected chi connectivity index (χ4v) is 3.20. The minimum atomic E-state index is -4.62. The summed E-state index contributed by atoms with van der Waals surface area (Å²) in [5.41, 5.74) is 0.650. The Morgan fingerprint density at radius 1 is 1.31 bits per heavy atom. The Kier molecular flexibility index (Phi) is 6.63. The summed E-state index contributed by atoms with van der Waals surface area (Å²) in [5, 5.41) is 1.87. The van der Waals surface area contributed by atoms with Crippen molar-refractivity contribution in [2.75, 3.05) is 5.32 Å². The Morgan fingerprint density at radius 2 is 2.03 bits per heavy atom. The lowest BCUT2D eigenvalue weighted by Crippen LogP contribution is -2.30. The molecule has 170 valence electrons. The lowest BCUT2D eigenvalue weighted by molar-refractivity contribution is -0.137. The third-order valence-electron chi connectivity index (χ3n) is 4.75. The van der Waals surface area contributed by atoms with Gasteiger partial charge in [-0.15, -0.1) is 0 Å². The first-order valence-electron chi connectivity index (χ1n) is 9.41. The quantitative estimate of drug-likeness (QED) is 0.513. The summed E-state index contributed by atoms with van der Waals surface area (Å²) in [6.07, 6.45) is -3.77. The van der Waals surface area contributed by atoms with Crippen LogP contribution < -0.4 is 5.32 Å². The third-order valence-corrected chi connectivity index (χ3v) is 5.04. The van der Waals surface area contributed by atoms with Crippen molar-refractivity contribution in [3.8, 4) is 0 Å². The van der Waals surface area contributed by atoms with Gasteiger partial charge in [0, 0.05) is 17.6 Å². The van der Waals surface area contributed by atoms with E-state index in [-0.39, 0.29) is 11.4 Å². The summed E-state index contributed by atoms with van der Waals surface area (Å²) in [5.74, 6) is -1.08. The maximum atomic E-state index is 12.7. The number of carbonyl (C=O) groups is 2. The summed E-state index contributed by atoms with van der Waals surface area (Å²) in [6.45, 7) is 5.31. The first kappa shape index (κ1) is 23.4. The van der Waals surface area contributed by atoms with Gasteiger partial charge in [-0.05, 0) is 45.0 Å². The SMILES string of the molecule is Cc1cc(C(=O)OC(C)C(=O)Nc2ncc(C(F)(F)F)cc2Cl)c(C)n1Cc1ccco1. The second-order valence-electron chi connectivity index (χ2n) is 7.04. The van der Waals surface area contributed by atoms with Crippen LogP contribution in [0.1, 0.15) is 40.0 Å². The monoisotopic (exact) mass is 469 g/mol. The average molecular weight is 470 g/mol. The highest BCUT2D eigenvalue weighted by molar-refractivity contribution is 6.33. The van der Waals surface area contributed by atoms with Crippen molar-refractivity contribution in [1.29, 1.82) is 0 Å². The van der Waals surface area contributed by atoms with E-state index >= 15 is 0 Å². The Morgan fingerprint density at radius 3 is 2.62 bits per heavy atom. The molecule has 0 saturated heterocycles. The first-order valence-corrected chi connectivity index (χ1v) is 9.79.